The summed E-state index contributed by atoms with van der Waals surface area (Å²) >= 11 is 0. The Morgan fingerprint density at radius 3 is 2.86 bits per heavy atom. The van der Waals surface area contributed by atoms with Crippen LogP contribution in [0.25, 0.3) is 0 Å². The minimum Gasteiger partial charge on any atom is -0.468 e. The molecule has 2 N–H and O–H groups in total. The zero-order chi connectivity index (χ0) is 16.3. The molecule has 2 unspecified atom stereocenters. The molecular weight excluding hydrogens is 297 g/mol. The third-order valence-electron chi connectivity index (χ3n) is 3.79. The van der Waals surface area contributed by atoms with Gasteiger partial charge in [-0.3, -0.25) is 4.79 Å². The highest BCUT2D eigenvalue weighted by molar-refractivity contribution is 5.58. The van der Waals surface area contributed by atoms with Crippen molar-refractivity contribution in [2.45, 2.75) is 25.6 Å². The van der Waals surface area contributed by atoms with Gasteiger partial charge in [0.15, 0.2) is 0 Å². The van der Waals surface area contributed by atoms with Crippen LogP contribution in [0.5, 0.6) is 0 Å². The number of carbonyl (C=O) groups excluding carboxylic acids is 1. The zero-order valence-electron chi connectivity index (χ0n) is 12.3. The van der Waals surface area contributed by atoms with E-state index in [9.17, 15) is 18.0 Å². The first kappa shape index (κ1) is 16.6. The molecule has 1 aromatic rings. The average molecular weight is 316 g/mol. The number of nitrogens with zero attached hydrogens (tertiary/aromatic N) is 1. The largest absolute Gasteiger partial charge is 0.468 e. The lowest BCUT2D eigenvalue weighted by Crippen LogP contribution is -2.37. The molecule has 0 saturated heterocycles. The van der Waals surface area contributed by atoms with Crippen LogP contribution in [0.15, 0.2) is 18.2 Å². The van der Waals surface area contributed by atoms with E-state index >= 15 is 0 Å². The minimum atomic E-state index is -4.37. The van der Waals surface area contributed by atoms with Crippen molar-refractivity contribution in [3.8, 4) is 0 Å². The maximum Gasteiger partial charge on any atom is 0.416 e. The maximum absolute atomic E-state index is 12.8. The molecule has 4 nitrogen and oxygen atoms in total. The van der Waals surface area contributed by atoms with E-state index in [1.807, 2.05) is 11.8 Å². The molecular formula is C15H19F3N2O2. The molecule has 0 saturated carbocycles. The van der Waals surface area contributed by atoms with Crippen molar-refractivity contribution in [3.05, 3.63) is 29.3 Å². The highest BCUT2D eigenvalue weighted by Gasteiger charge is 2.33. The first-order valence-corrected chi connectivity index (χ1v) is 7.10. The molecule has 0 fully saturated rings. The van der Waals surface area contributed by atoms with Gasteiger partial charge < -0.3 is 15.4 Å². The number of rotatable bonds is 5. The Morgan fingerprint density at radius 2 is 2.23 bits per heavy atom. The Hall–Kier alpha value is -1.76. The standard InChI is InChI=1S/C15H19F3N2O2/c1-10(8-22-9-21)7-20-5-4-13(19)12-6-11(15(16,17)18)2-3-14(12)20/h2-3,6,9-10,13H,4-5,7-8,19H2,1H3. The molecule has 2 atom stereocenters. The van der Waals surface area contributed by atoms with Crippen LogP contribution in [-0.2, 0) is 15.7 Å². The Bertz CT molecular complexity index is 534. The quantitative estimate of drug-likeness (QED) is 0.849. The molecule has 2 rings (SSSR count). The molecule has 0 spiro atoms. The van der Waals surface area contributed by atoms with Gasteiger partial charge in [-0.2, -0.15) is 13.2 Å². The molecule has 1 aliphatic rings. The fraction of sp³-hybridized carbons (Fsp3) is 0.533. The van der Waals surface area contributed by atoms with Gasteiger partial charge in [-0.25, -0.2) is 0 Å². The summed E-state index contributed by atoms with van der Waals surface area (Å²) in [5.74, 6) is 0.0784. The van der Waals surface area contributed by atoms with E-state index in [0.29, 0.717) is 31.5 Å². The summed E-state index contributed by atoms with van der Waals surface area (Å²) in [6.45, 7) is 3.86. The SMILES string of the molecule is CC(COC=O)CN1CCC(N)c2cc(C(F)(F)F)ccc21. The fourth-order valence-electron chi connectivity index (χ4n) is 2.71. The fourth-order valence-corrected chi connectivity index (χ4v) is 2.71. The lowest BCUT2D eigenvalue weighted by atomic mass is 9.94. The van der Waals surface area contributed by atoms with E-state index < -0.39 is 17.8 Å². The summed E-state index contributed by atoms with van der Waals surface area (Å²) < 4.78 is 43.2. The Balaban J connectivity index is 2.22. The minimum absolute atomic E-state index is 0.0784. The van der Waals surface area contributed by atoms with Crippen molar-refractivity contribution in [1.82, 2.24) is 0 Å². The van der Waals surface area contributed by atoms with Gasteiger partial charge in [0.2, 0.25) is 0 Å². The second-order valence-electron chi connectivity index (χ2n) is 5.65. The highest BCUT2D eigenvalue weighted by Crippen LogP contribution is 2.38. The second kappa shape index (κ2) is 6.56. The van der Waals surface area contributed by atoms with E-state index in [1.54, 1.807) is 0 Å². The first-order chi connectivity index (χ1) is 10.3. The van der Waals surface area contributed by atoms with Crippen molar-refractivity contribution in [1.29, 1.82) is 0 Å². The third-order valence-corrected chi connectivity index (χ3v) is 3.79. The molecule has 0 bridgehead atoms. The Labute approximate surface area is 127 Å². The van der Waals surface area contributed by atoms with Crippen LogP contribution in [0, 0.1) is 5.92 Å². The molecule has 1 aromatic carbocycles. The lowest BCUT2D eigenvalue weighted by molar-refractivity contribution is -0.137. The molecule has 22 heavy (non-hydrogen) atoms. The van der Waals surface area contributed by atoms with Gasteiger partial charge in [0.05, 0.1) is 12.2 Å². The molecule has 0 aliphatic carbocycles. The van der Waals surface area contributed by atoms with E-state index in [-0.39, 0.29) is 12.5 Å². The first-order valence-electron chi connectivity index (χ1n) is 7.10. The van der Waals surface area contributed by atoms with Crippen molar-refractivity contribution in [3.63, 3.8) is 0 Å². The third kappa shape index (κ3) is 3.71. The van der Waals surface area contributed by atoms with Crippen LogP contribution >= 0.6 is 0 Å². The topological polar surface area (TPSA) is 55.6 Å². The van der Waals surface area contributed by atoms with Gasteiger partial charge in [-0.1, -0.05) is 6.92 Å². The maximum atomic E-state index is 12.8. The molecule has 1 heterocycles. The normalized spacial score (nSPS) is 19.5. The molecule has 1 aliphatic heterocycles. The Kier molecular flexibility index (Phi) is 4.95. The predicted molar refractivity (Wildman–Crippen MR) is 76.4 cm³/mol. The van der Waals surface area contributed by atoms with Gasteiger partial charge in [0, 0.05) is 30.7 Å². The summed E-state index contributed by atoms with van der Waals surface area (Å²) in [6.07, 6.45) is -3.78. The summed E-state index contributed by atoms with van der Waals surface area (Å²) in [7, 11) is 0. The van der Waals surface area contributed by atoms with Crippen molar-refractivity contribution >= 4 is 12.2 Å². The number of halogens is 3. The molecule has 7 heteroatoms. The average Bonchev–Trinajstić information content (AvgIpc) is 2.47. The monoisotopic (exact) mass is 316 g/mol. The summed E-state index contributed by atoms with van der Waals surface area (Å²) in [5.41, 5.74) is 6.53. The van der Waals surface area contributed by atoms with Gasteiger partial charge >= 0.3 is 6.18 Å². The number of fused-ring (bicyclic) bond motifs is 1. The molecule has 0 amide bonds. The van der Waals surface area contributed by atoms with Crippen molar-refractivity contribution in [2.75, 3.05) is 24.6 Å². The summed E-state index contributed by atoms with van der Waals surface area (Å²) in [6, 6.07) is 3.30. The second-order valence-corrected chi connectivity index (χ2v) is 5.65. The number of benzene rings is 1. The van der Waals surface area contributed by atoms with Gasteiger partial charge in [-0.15, -0.1) is 0 Å². The van der Waals surface area contributed by atoms with Gasteiger partial charge in [0.1, 0.15) is 0 Å². The summed E-state index contributed by atoms with van der Waals surface area (Å²) in [4.78, 5) is 12.2. The number of alkyl halides is 3. The van der Waals surface area contributed by atoms with Crippen LogP contribution < -0.4 is 10.6 Å². The molecule has 0 radical (unpaired) electrons. The lowest BCUT2D eigenvalue weighted by Gasteiger charge is -2.36. The van der Waals surface area contributed by atoms with Crippen LogP contribution in [0.4, 0.5) is 18.9 Å². The number of ether oxygens (including phenoxy) is 1. The van der Waals surface area contributed by atoms with Crippen LogP contribution in [0.2, 0.25) is 0 Å². The Morgan fingerprint density at radius 1 is 1.50 bits per heavy atom. The van der Waals surface area contributed by atoms with Gasteiger partial charge in [0.25, 0.3) is 6.47 Å². The highest BCUT2D eigenvalue weighted by atomic mass is 19.4. The summed E-state index contributed by atoms with van der Waals surface area (Å²) in [5, 5.41) is 0. The van der Waals surface area contributed by atoms with Crippen LogP contribution in [0.3, 0.4) is 0 Å². The van der Waals surface area contributed by atoms with E-state index in [4.69, 9.17) is 10.5 Å². The smallest absolute Gasteiger partial charge is 0.416 e. The number of hydrogen-bond donors (Lipinski definition) is 1. The van der Waals surface area contributed by atoms with Crippen LogP contribution in [-0.4, -0.2) is 26.2 Å². The van der Waals surface area contributed by atoms with Gasteiger partial charge in [-0.05, 0) is 30.2 Å². The van der Waals surface area contributed by atoms with E-state index in [1.165, 1.54) is 6.07 Å². The van der Waals surface area contributed by atoms with Crippen molar-refractivity contribution < 1.29 is 22.7 Å². The molecule has 0 aromatic heterocycles. The van der Waals surface area contributed by atoms with Crippen molar-refractivity contribution in [2.24, 2.45) is 11.7 Å². The van der Waals surface area contributed by atoms with E-state index in [0.717, 1.165) is 17.8 Å². The number of hydrogen-bond acceptors (Lipinski definition) is 4. The van der Waals surface area contributed by atoms with Crippen LogP contribution in [0.1, 0.15) is 30.5 Å². The number of carbonyl (C=O) groups is 1. The molecule has 122 valence electrons. The number of nitrogens with two attached hydrogens (primary N) is 1. The van der Waals surface area contributed by atoms with E-state index in [2.05, 4.69) is 0 Å². The zero-order valence-corrected chi connectivity index (χ0v) is 12.3. The number of anilines is 1. The predicted octanol–water partition coefficient (Wildman–Crippen LogP) is 2.72.